The summed E-state index contributed by atoms with van der Waals surface area (Å²) in [6, 6.07) is 27.0. The smallest absolute Gasteiger partial charge is 0.365 e. The number of carbonyl (C=O) groups excluding carboxylic acids is 2. The Morgan fingerprint density at radius 3 is 2.20 bits per heavy atom. The van der Waals surface area contributed by atoms with Gasteiger partial charge < -0.3 is 4.74 Å². The Labute approximate surface area is 212 Å². The van der Waals surface area contributed by atoms with E-state index in [0.717, 1.165) is 16.8 Å². The molecule has 0 bridgehead atoms. The van der Waals surface area contributed by atoms with E-state index in [9.17, 15) is 9.59 Å². The Bertz CT molecular complexity index is 1310. The van der Waals surface area contributed by atoms with Crippen LogP contribution in [0.2, 0.25) is 0 Å². The highest BCUT2D eigenvalue weighted by Gasteiger charge is 2.60. The van der Waals surface area contributed by atoms with Crippen molar-refractivity contribution in [2.45, 2.75) is 18.2 Å². The van der Waals surface area contributed by atoms with Crippen LogP contribution in [-0.2, 0) is 14.3 Å². The van der Waals surface area contributed by atoms with E-state index < -0.39 is 10.3 Å². The van der Waals surface area contributed by atoms with Gasteiger partial charge in [-0.1, -0.05) is 78.0 Å². The summed E-state index contributed by atoms with van der Waals surface area (Å²) in [6.07, 6.45) is 1.89. The van der Waals surface area contributed by atoms with Crippen molar-refractivity contribution in [2.75, 3.05) is 16.5 Å². The van der Waals surface area contributed by atoms with E-state index in [2.05, 4.69) is 5.10 Å². The molecule has 2 aliphatic heterocycles. The SMILES string of the molecule is CCOC(=O)C1=NN(c2ccccc2)[C@@]2(S1)S/C(=C/c1ccc(C)cc1)C(=O)N2c1ccccc1. The van der Waals surface area contributed by atoms with Gasteiger partial charge in [0.2, 0.25) is 9.37 Å². The molecule has 0 saturated carbocycles. The topological polar surface area (TPSA) is 62.2 Å². The average molecular weight is 502 g/mol. The van der Waals surface area contributed by atoms with Gasteiger partial charge in [-0.3, -0.25) is 9.69 Å². The van der Waals surface area contributed by atoms with Crippen molar-refractivity contribution < 1.29 is 14.3 Å². The minimum atomic E-state index is -1.07. The van der Waals surface area contributed by atoms with Crippen LogP contribution in [0.25, 0.3) is 6.08 Å². The molecule has 0 unspecified atom stereocenters. The highest BCUT2D eigenvalue weighted by atomic mass is 32.2. The number of esters is 1. The van der Waals surface area contributed by atoms with E-state index >= 15 is 0 Å². The third-order valence-electron chi connectivity index (χ3n) is 5.47. The van der Waals surface area contributed by atoms with E-state index in [4.69, 9.17) is 4.74 Å². The van der Waals surface area contributed by atoms with Gasteiger partial charge in [0.25, 0.3) is 5.91 Å². The van der Waals surface area contributed by atoms with Crippen LogP contribution in [0.4, 0.5) is 11.4 Å². The van der Waals surface area contributed by atoms with Crippen molar-refractivity contribution in [2.24, 2.45) is 5.10 Å². The van der Waals surface area contributed by atoms with Gasteiger partial charge in [0.1, 0.15) is 0 Å². The maximum atomic E-state index is 13.9. The first kappa shape index (κ1) is 23.3. The fourth-order valence-electron chi connectivity index (χ4n) is 3.85. The van der Waals surface area contributed by atoms with Crippen molar-refractivity contribution in [1.29, 1.82) is 0 Å². The average Bonchev–Trinajstić information content (AvgIpc) is 3.39. The Morgan fingerprint density at radius 2 is 1.57 bits per heavy atom. The fourth-order valence-corrected chi connectivity index (χ4v) is 6.72. The van der Waals surface area contributed by atoms with Crippen molar-refractivity contribution in [3.8, 4) is 0 Å². The number of hydrogen-bond acceptors (Lipinski definition) is 7. The lowest BCUT2D eigenvalue weighted by molar-refractivity contribution is -0.134. The Morgan fingerprint density at radius 1 is 0.943 bits per heavy atom. The number of hydrogen-bond donors (Lipinski definition) is 0. The van der Waals surface area contributed by atoms with E-state index in [-0.39, 0.29) is 17.6 Å². The Hall–Kier alpha value is -3.49. The first-order chi connectivity index (χ1) is 17.0. The standard InChI is InChI=1S/C27H23N3O3S2/c1-3-33-26(32)24-28-30(22-12-8-5-9-13-22)27(35-24)29(21-10-6-4-7-11-21)25(31)23(34-27)18-20-16-14-19(2)15-17-20/h4-18H,3H2,1-2H3/b23-18+/t27-/m1/s1. The highest BCUT2D eigenvalue weighted by Crippen LogP contribution is 2.59. The summed E-state index contributed by atoms with van der Waals surface area (Å²) in [5.74, 6) is -0.664. The van der Waals surface area contributed by atoms with Crippen molar-refractivity contribution in [1.82, 2.24) is 0 Å². The zero-order chi connectivity index (χ0) is 24.4. The minimum Gasteiger partial charge on any atom is -0.461 e. The Balaban J connectivity index is 1.66. The van der Waals surface area contributed by atoms with Crippen LogP contribution >= 0.6 is 23.5 Å². The molecule has 0 N–H and O–H groups in total. The fraction of sp³-hybridized carbons (Fsp3) is 0.148. The van der Waals surface area contributed by atoms with E-state index in [0.29, 0.717) is 10.6 Å². The summed E-state index contributed by atoms with van der Waals surface area (Å²) in [5.41, 5.74) is 3.55. The third-order valence-corrected chi connectivity index (χ3v) is 8.16. The normalized spacial score (nSPS) is 20.6. The molecule has 1 fully saturated rings. The van der Waals surface area contributed by atoms with E-state index in [1.54, 1.807) is 16.8 Å². The van der Waals surface area contributed by atoms with Crippen LogP contribution in [-0.4, -0.2) is 27.9 Å². The molecule has 0 aliphatic carbocycles. The number of ether oxygens (including phenoxy) is 1. The molecule has 1 saturated heterocycles. The summed E-state index contributed by atoms with van der Waals surface area (Å²) in [5, 5.41) is 6.62. The van der Waals surface area contributed by atoms with Gasteiger partial charge >= 0.3 is 5.97 Å². The number of nitrogens with zero attached hydrogens (tertiary/aromatic N) is 3. The predicted octanol–water partition coefficient (Wildman–Crippen LogP) is 5.86. The number of hydrazone groups is 1. The second kappa shape index (κ2) is 9.64. The van der Waals surface area contributed by atoms with Crippen LogP contribution in [0.15, 0.2) is 94.9 Å². The number of benzene rings is 3. The number of para-hydroxylation sites is 2. The summed E-state index contributed by atoms with van der Waals surface area (Å²) in [7, 11) is 0. The molecule has 5 rings (SSSR count). The summed E-state index contributed by atoms with van der Waals surface area (Å²) in [4.78, 5) is 29.0. The number of rotatable bonds is 5. The maximum Gasteiger partial charge on any atom is 0.365 e. The van der Waals surface area contributed by atoms with Crippen LogP contribution in [0, 0.1) is 6.92 Å². The first-order valence-corrected chi connectivity index (χ1v) is 12.8. The molecule has 3 aromatic rings. The lowest BCUT2D eigenvalue weighted by Crippen LogP contribution is -2.51. The molecule has 35 heavy (non-hydrogen) atoms. The van der Waals surface area contributed by atoms with E-state index in [1.165, 1.54) is 23.5 Å². The Kier molecular flexibility index (Phi) is 6.40. The monoisotopic (exact) mass is 501 g/mol. The van der Waals surface area contributed by atoms with E-state index in [1.807, 2.05) is 97.9 Å². The molecule has 1 amide bonds. The van der Waals surface area contributed by atoms with Gasteiger partial charge in [-0.2, -0.15) is 5.10 Å². The maximum absolute atomic E-state index is 13.9. The van der Waals surface area contributed by atoms with Crippen molar-refractivity contribution in [3.05, 3.63) is 101 Å². The third kappa shape index (κ3) is 4.35. The molecule has 0 radical (unpaired) electrons. The number of aryl methyl sites for hydroxylation is 1. The zero-order valence-electron chi connectivity index (χ0n) is 19.3. The lowest BCUT2D eigenvalue weighted by Gasteiger charge is -2.38. The molecule has 6 nitrogen and oxygen atoms in total. The molecule has 176 valence electrons. The molecule has 1 spiro atoms. The van der Waals surface area contributed by atoms with Gasteiger partial charge in [-0.15, -0.1) is 0 Å². The van der Waals surface area contributed by atoms with Crippen LogP contribution in [0.1, 0.15) is 18.1 Å². The highest BCUT2D eigenvalue weighted by molar-refractivity contribution is 8.29. The molecule has 8 heteroatoms. The molecule has 2 aliphatic rings. The van der Waals surface area contributed by atoms with Gasteiger partial charge in [-0.05, 0) is 61.5 Å². The molecule has 1 atom stereocenters. The summed E-state index contributed by atoms with van der Waals surface area (Å²) >= 11 is 2.60. The number of anilines is 2. The summed E-state index contributed by atoms with van der Waals surface area (Å²) < 4.78 is 4.20. The van der Waals surface area contributed by atoms with Crippen molar-refractivity contribution in [3.63, 3.8) is 0 Å². The first-order valence-electron chi connectivity index (χ1n) is 11.2. The second-order valence-electron chi connectivity index (χ2n) is 7.92. The van der Waals surface area contributed by atoms with Gasteiger partial charge in [0.15, 0.2) is 0 Å². The quantitative estimate of drug-likeness (QED) is 0.323. The van der Waals surface area contributed by atoms with Gasteiger partial charge in [0.05, 0.1) is 17.2 Å². The number of amides is 1. The number of carbonyl (C=O) groups is 2. The predicted molar refractivity (Wildman–Crippen MR) is 144 cm³/mol. The molecule has 3 aromatic carbocycles. The largest absolute Gasteiger partial charge is 0.461 e. The lowest BCUT2D eigenvalue weighted by atomic mass is 10.1. The number of thioether (sulfide) groups is 2. The van der Waals surface area contributed by atoms with Crippen LogP contribution < -0.4 is 9.91 Å². The molecule has 2 heterocycles. The van der Waals surface area contributed by atoms with Gasteiger partial charge in [0, 0.05) is 5.69 Å². The molecular formula is C27H23N3O3S2. The molecule has 0 aromatic heterocycles. The molecular weight excluding hydrogens is 478 g/mol. The minimum absolute atomic E-state index is 0.157. The van der Waals surface area contributed by atoms with Crippen molar-refractivity contribution >= 4 is 57.9 Å². The zero-order valence-corrected chi connectivity index (χ0v) is 20.9. The van der Waals surface area contributed by atoms with Crippen LogP contribution in [0.5, 0.6) is 0 Å². The van der Waals surface area contributed by atoms with Gasteiger partial charge in [-0.25, -0.2) is 9.80 Å². The van der Waals surface area contributed by atoms with Crippen LogP contribution in [0.3, 0.4) is 0 Å². The second-order valence-corrected chi connectivity index (χ2v) is 10.6. The summed E-state index contributed by atoms with van der Waals surface area (Å²) in [6.45, 7) is 4.03.